The molecule has 3 aromatic rings. The number of benzene rings is 2. The molecule has 0 unspecified atom stereocenters. The number of piperidine rings is 2. The first kappa shape index (κ1) is 31.5. The van der Waals surface area contributed by atoms with Crippen molar-refractivity contribution >= 4 is 41.0 Å². The lowest BCUT2D eigenvalue weighted by Gasteiger charge is -2.35. The van der Waals surface area contributed by atoms with Crippen LogP contribution in [0.3, 0.4) is 0 Å². The van der Waals surface area contributed by atoms with Gasteiger partial charge < -0.3 is 19.3 Å². The van der Waals surface area contributed by atoms with Crippen molar-refractivity contribution < 1.29 is 22.7 Å². The predicted molar refractivity (Wildman–Crippen MR) is 173 cm³/mol. The molecule has 2 aliphatic heterocycles. The Bertz CT molecular complexity index is 1490. The number of alkyl halides is 2. The summed E-state index contributed by atoms with van der Waals surface area (Å²) >= 11 is 1.35. The quantitative estimate of drug-likeness (QED) is 0.170. The lowest BCUT2D eigenvalue weighted by atomic mass is 9.93. The number of nitrogens with zero attached hydrogens (tertiary/aromatic N) is 4. The number of carbonyl (C=O) groups excluding carboxylic acids is 1. The normalized spacial score (nSPS) is 18.6. The minimum absolute atomic E-state index is 0.0579. The first-order chi connectivity index (χ1) is 21.7. The molecular formula is C33H39F3N6O2S. The van der Waals surface area contributed by atoms with E-state index >= 15 is 4.39 Å². The van der Waals surface area contributed by atoms with Crippen molar-refractivity contribution in [2.24, 2.45) is 5.41 Å². The van der Waals surface area contributed by atoms with E-state index in [0.717, 1.165) is 31.5 Å². The molecule has 3 aliphatic rings. The average Bonchev–Trinajstić information content (AvgIpc) is 3.78. The summed E-state index contributed by atoms with van der Waals surface area (Å²) in [5, 5.41) is 2.76. The highest BCUT2D eigenvalue weighted by atomic mass is 32.2. The molecule has 2 saturated heterocycles. The monoisotopic (exact) mass is 640 g/mol. The fourth-order valence-electron chi connectivity index (χ4n) is 5.98. The van der Waals surface area contributed by atoms with E-state index in [1.54, 1.807) is 24.0 Å². The number of halogens is 3. The van der Waals surface area contributed by atoms with Crippen LogP contribution in [-0.2, 0) is 11.3 Å². The molecule has 0 bridgehead atoms. The van der Waals surface area contributed by atoms with E-state index in [9.17, 15) is 13.6 Å². The van der Waals surface area contributed by atoms with Gasteiger partial charge in [0.2, 0.25) is 5.95 Å². The van der Waals surface area contributed by atoms with Crippen molar-refractivity contribution in [2.45, 2.75) is 58.0 Å². The summed E-state index contributed by atoms with van der Waals surface area (Å²) in [5.74, 6) is -2.60. The molecule has 3 fully saturated rings. The maximum absolute atomic E-state index is 15.5. The molecule has 45 heavy (non-hydrogen) atoms. The van der Waals surface area contributed by atoms with Crippen LogP contribution in [-0.4, -0.2) is 60.3 Å². The van der Waals surface area contributed by atoms with E-state index < -0.39 is 17.6 Å². The summed E-state index contributed by atoms with van der Waals surface area (Å²) < 4.78 is 51.8. The van der Waals surface area contributed by atoms with Crippen LogP contribution in [0.5, 0.6) is 0 Å². The summed E-state index contributed by atoms with van der Waals surface area (Å²) in [4.78, 5) is 26.4. The molecule has 240 valence electrons. The molecule has 3 heterocycles. The van der Waals surface area contributed by atoms with E-state index in [2.05, 4.69) is 24.9 Å². The minimum atomic E-state index is -2.68. The number of aryl methyl sites for hydroxylation is 1. The number of hydrogen-bond acceptors (Lipinski definition) is 8. The average molecular weight is 641 g/mol. The van der Waals surface area contributed by atoms with Gasteiger partial charge in [-0.25, -0.2) is 18.2 Å². The van der Waals surface area contributed by atoms with Crippen LogP contribution >= 0.6 is 11.9 Å². The molecule has 0 radical (unpaired) electrons. The summed E-state index contributed by atoms with van der Waals surface area (Å²) in [6.07, 6.45) is 4.07. The van der Waals surface area contributed by atoms with Crippen molar-refractivity contribution in [3.63, 3.8) is 0 Å². The molecule has 1 spiro atoms. The lowest BCUT2D eigenvalue weighted by Crippen LogP contribution is -2.40. The second-order valence-corrected chi connectivity index (χ2v) is 13.2. The van der Waals surface area contributed by atoms with Crippen LogP contribution < -0.4 is 19.8 Å². The number of nitrogens with one attached hydrogen (secondary N) is 2. The maximum atomic E-state index is 15.5. The predicted octanol–water partition coefficient (Wildman–Crippen LogP) is 7.07. The van der Waals surface area contributed by atoms with Crippen LogP contribution in [0.15, 0.2) is 48.5 Å². The van der Waals surface area contributed by atoms with Crippen LogP contribution in [0.2, 0.25) is 0 Å². The Balaban J connectivity index is 1.15. The largest absolute Gasteiger partial charge is 0.376 e. The molecule has 6 rings (SSSR count). The molecule has 8 nitrogen and oxygen atoms in total. The van der Waals surface area contributed by atoms with Gasteiger partial charge in [-0.1, -0.05) is 42.3 Å². The third-order valence-corrected chi connectivity index (χ3v) is 9.70. The van der Waals surface area contributed by atoms with Crippen molar-refractivity contribution in [1.82, 2.24) is 9.97 Å². The third-order valence-electron chi connectivity index (χ3n) is 8.96. The van der Waals surface area contributed by atoms with Crippen LogP contribution in [0.4, 0.5) is 36.3 Å². The van der Waals surface area contributed by atoms with E-state index in [-0.39, 0.29) is 37.4 Å². The Morgan fingerprint density at radius 2 is 1.67 bits per heavy atom. The van der Waals surface area contributed by atoms with Gasteiger partial charge in [0.25, 0.3) is 11.8 Å². The number of hydrogen-bond donors (Lipinski definition) is 2. The van der Waals surface area contributed by atoms with E-state index in [0.29, 0.717) is 47.3 Å². The molecule has 1 amide bonds. The van der Waals surface area contributed by atoms with Gasteiger partial charge >= 0.3 is 0 Å². The lowest BCUT2D eigenvalue weighted by molar-refractivity contribution is -0.0221. The topological polar surface area (TPSA) is 82.6 Å². The number of rotatable bonds is 11. The van der Waals surface area contributed by atoms with Crippen molar-refractivity contribution in [3.8, 4) is 0 Å². The van der Waals surface area contributed by atoms with Crippen LogP contribution in [0.25, 0.3) is 0 Å². The molecule has 2 N–H and O–H groups in total. The van der Waals surface area contributed by atoms with Crippen molar-refractivity contribution in [1.29, 1.82) is 0 Å². The number of aromatic nitrogens is 2. The van der Waals surface area contributed by atoms with E-state index in [4.69, 9.17) is 4.74 Å². The number of ether oxygens (including phenoxy) is 1. The Labute approximate surface area is 266 Å². The maximum Gasteiger partial charge on any atom is 0.260 e. The Morgan fingerprint density at radius 3 is 2.38 bits per heavy atom. The third kappa shape index (κ3) is 8.02. The van der Waals surface area contributed by atoms with Gasteiger partial charge in [0.1, 0.15) is 11.6 Å². The van der Waals surface area contributed by atoms with Gasteiger partial charge in [-0.05, 0) is 55.7 Å². The number of amides is 1. The molecule has 2 aromatic carbocycles. The molecule has 12 heteroatoms. The van der Waals surface area contributed by atoms with Gasteiger partial charge in [0.05, 0.1) is 30.2 Å². The second kappa shape index (κ2) is 13.5. The zero-order chi connectivity index (χ0) is 31.4. The zero-order valence-electron chi connectivity index (χ0n) is 25.5. The molecule has 1 aromatic heterocycles. The Hall–Kier alpha value is -3.51. The number of carbonyl (C=O) groups is 1. The van der Waals surface area contributed by atoms with E-state index in [1.807, 2.05) is 30.3 Å². The van der Waals surface area contributed by atoms with Gasteiger partial charge in [0.15, 0.2) is 0 Å². The Morgan fingerprint density at radius 1 is 0.956 bits per heavy atom. The van der Waals surface area contributed by atoms with E-state index in [1.165, 1.54) is 30.9 Å². The second-order valence-electron chi connectivity index (χ2n) is 12.3. The van der Waals surface area contributed by atoms with Gasteiger partial charge in [-0.2, -0.15) is 4.98 Å². The summed E-state index contributed by atoms with van der Waals surface area (Å²) in [6, 6.07) is 14.6. The smallest absolute Gasteiger partial charge is 0.260 e. The highest BCUT2D eigenvalue weighted by Crippen LogP contribution is 2.54. The molecule has 0 atom stereocenters. The number of anilines is 4. The highest BCUT2D eigenvalue weighted by molar-refractivity contribution is 8.00. The summed E-state index contributed by atoms with van der Waals surface area (Å²) in [7, 11) is 0. The van der Waals surface area contributed by atoms with Crippen molar-refractivity contribution in [2.75, 3.05) is 58.4 Å². The fourth-order valence-corrected chi connectivity index (χ4v) is 6.59. The SMILES string of the molecule is Cc1cc(N2CCC(F)(F)CC2)nc(NC(=O)c2cc(F)c(NSCCOCc3ccccc3)cc2N2CCC3(CC2)CC3)n1. The minimum Gasteiger partial charge on any atom is -0.376 e. The van der Waals surface area contributed by atoms with Gasteiger partial charge in [0, 0.05) is 56.5 Å². The van der Waals surface area contributed by atoms with Crippen molar-refractivity contribution in [3.05, 3.63) is 71.2 Å². The Kier molecular flexibility index (Phi) is 9.41. The molecule has 1 aliphatic carbocycles. The first-order valence-corrected chi connectivity index (χ1v) is 16.6. The molecule has 1 saturated carbocycles. The van der Waals surface area contributed by atoms with Crippen LogP contribution in [0.1, 0.15) is 60.1 Å². The fraction of sp³-hybridized carbons (Fsp3) is 0.485. The highest BCUT2D eigenvalue weighted by Gasteiger charge is 2.44. The summed E-state index contributed by atoms with van der Waals surface area (Å²) in [5.41, 5.74) is 3.27. The summed E-state index contributed by atoms with van der Waals surface area (Å²) in [6.45, 7) is 4.67. The van der Waals surface area contributed by atoms with Gasteiger partial charge in [-0.3, -0.25) is 10.1 Å². The van der Waals surface area contributed by atoms with Crippen LogP contribution in [0, 0.1) is 18.2 Å². The molecular weight excluding hydrogens is 601 g/mol. The van der Waals surface area contributed by atoms with Gasteiger partial charge in [-0.15, -0.1) is 0 Å². The zero-order valence-corrected chi connectivity index (χ0v) is 26.3. The first-order valence-electron chi connectivity index (χ1n) is 15.6. The standard InChI is InChI=1S/C33H39F3N6O2S/c1-23-19-29(42-15-11-33(35,36)12-16-42)38-31(37-23)39-30(43)25-20-26(34)27(21-28(25)41-13-9-32(7-8-32)10-14-41)40-45-18-17-44-22-24-5-3-2-4-6-24/h2-6,19-21,40H,7-18,22H2,1H3,(H,37,38,39,43).